The molecule has 0 aromatic heterocycles. The Balaban J connectivity index is 1.67. The highest BCUT2D eigenvalue weighted by Crippen LogP contribution is 2.59. The maximum Gasteiger partial charge on any atom is 0.139 e. The molecular weight excluding hydrogens is 246 g/mol. The topological polar surface area (TPSA) is 43.1 Å². The van der Waals surface area contributed by atoms with Crippen LogP contribution in [0.4, 0.5) is 0 Å². The lowest BCUT2D eigenvalue weighted by molar-refractivity contribution is -0.130. The van der Waals surface area contributed by atoms with Crippen LogP contribution in [0.25, 0.3) is 0 Å². The van der Waals surface area contributed by atoms with Gasteiger partial charge in [-0.1, -0.05) is 13.0 Å². The van der Waals surface area contributed by atoms with Crippen LogP contribution in [0.15, 0.2) is 23.4 Å². The first-order valence-electron chi connectivity index (χ1n) is 8.29. The van der Waals surface area contributed by atoms with Crippen LogP contribution in [0.5, 0.6) is 0 Å². The second-order valence-corrected chi connectivity index (χ2v) is 7.66. The van der Waals surface area contributed by atoms with E-state index in [1.54, 1.807) is 0 Å². The van der Waals surface area contributed by atoms with E-state index in [4.69, 9.17) is 5.73 Å². The van der Waals surface area contributed by atoms with E-state index in [9.17, 15) is 4.79 Å². The molecule has 4 rings (SSSR count). The lowest BCUT2D eigenvalue weighted by atomic mass is 9.53. The minimum absolute atomic E-state index is 0.00996. The van der Waals surface area contributed by atoms with Crippen LogP contribution >= 0.6 is 0 Å². The molecule has 5 atom stereocenters. The SMILES string of the molecule is C[C@]12CC[C@@H]3[C@@H](CC=C4C=C(N)CC[C@H]43)[C@@H]1CCC2=O. The molecule has 0 aromatic rings. The number of Topliss-reactive ketones (excluding diaryl/α,β-unsaturated/α-hetero) is 1. The third-order valence-electron chi connectivity index (χ3n) is 6.87. The van der Waals surface area contributed by atoms with Gasteiger partial charge in [-0.2, -0.15) is 0 Å². The van der Waals surface area contributed by atoms with Crippen LogP contribution in [0.1, 0.15) is 51.9 Å². The molecule has 0 unspecified atom stereocenters. The maximum absolute atomic E-state index is 12.3. The van der Waals surface area contributed by atoms with Gasteiger partial charge in [0.2, 0.25) is 0 Å². The molecule has 2 N–H and O–H groups in total. The fourth-order valence-electron chi connectivity index (χ4n) is 5.75. The summed E-state index contributed by atoms with van der Waals surface area (Å²) in [6, 6.07) is 0. The molecule has 2 saturated carbocycles. The summed E-state index contributed by atoms with van der Waals surface area (Å²) in [6.45, 7) is 2.25. The van der Waals surface area contributed by atoms with Crippen molar-refractivity contribution in [2.45, 2.75) is 51.9 Å². The van der Waals surface area contributed by atoms with E-state index in [0.29, 0.717) is 11.7 Å². The zero-order chi connectivity index (χ0) is 13.9. The number of allylic oxidation sites excluding steroid dienone is 4. The summed E-state index contributed by atoms with van der Waals surface area (Å²) in [7, 11) is 0. The minimum Gasteiger partial charge on any atom is -0.402 e. The Kier molecular flexibility index (Phi) is 2.68. The molecule has 4 aliphatic carbocycles. The summed E-state index contributed by atoms with van der Waals surface area (Å²) < 4.78 is 0. The van der Waals surface area contributed by atoms with Crippen molar-refractivity contribution in [3.05, 3.63) is 23.4 Å². The molecule has 20 heavy (non-hydrogen) atoms. The van der Waals surface area contributed by atoms with Crippen LogP contribution in [-0.4, -0.2) is 5.78 Å². The molecule has 2 nitrogen and oxygen atoms in total. The Morgan fingerprint density at radius 2 is 2.05 bits per heavy atom. The maximum atomic E-state index is 12.3. The van der Waals surface area contributed by atoms with Gasteiger partial charge in [0.25, 0.3) is 0 Å². The van der Waals surface area contributed by atoms with Gasteiger partial charge in [-0.05, 0) is 73.8 Å². The molecule has 0 heterocycles. The van der Waals surface area contributed by atoms with Crippen LogP contribution in [-0.2, 0) is 4.79 Å². The first-order valence-corrected chi connectivity index (χ1v) is 8.29. The average Bonchev–Trinajstić information content (AvgIpc) is 2.74. The Morgan fingerprint density at radius 3 is 2.90 bits per heavy atom. The van der Waals surface area contributed by atoms with Crippen molar-refractivity contribution >= 4 is 5.78 Å². The lowest BCUT2D eigenvalue weighted by Gasteiger charge is -2.50. The monoisotopic (exact) mass is 271 g/mol. The van der Waals surface area contributed by atoms with Crippen LogP contribution in [0.2, 0.25) is 0 Å². The smallest absolute Gasteiger partial charge is 0.139 e. The fourth-order valence-corrected chi connectivity index (χ4v) is 5.75. The number of nitrogens with two attached hydrogens (primary N) is 1. The summed E-state index contributed by atoms with van der Waals surface area (Å²) in [5.41, 5.74) is 8.58. The Bertz CT molecular complexity index is 518. The van der Waals surface area contributed by atoms with Gasteiger partial charge in [0.1, 0.15) is 5.78 Å². The van der Waals surface area contributed by atoms with Crippen molar-refractivity contribution < 1.29 is 4.79 Å². The molecule has 2 fully saturated rings. The Hall–Kier alpha value is -1.05. The van der Waals surface area contributed by atoms with Crippen molar-refractivity contribution in [2.24, 2.45) is 34.8 Å². The van der Waals surface area contributed by atoms with Crippen LogP contribution < -0.4 is 5.73 Å². The normalized spacial score (nSPS) is 47.0. The predicted octanol–water partition coefficient (Wildman–Crippen LogP) is 3.58. The number of ketones is 1. The van der Waals surface area contributed by atoms with E-state index >= 15 is 0 Å². The molecular formula is C18H25NO. The van der Waals surface area contributed by atoms with E-state index in [2.05, 4.69) is 19.1 Å². The van der Waals surface area contributed by atoms with Gasteiger partial charge in [-0.25, -0.2) is 0 Å². The van der Waals surface area contributed by atoms with Crippen LogP contribution in [0, 0.1) is 29.1 Å². The highest BCUT2D eigenvalue weighted by Gasteiger charge is 2.55. The van der Waals surface area contributed by atoms with Gasteiger partial charge in [-0.3, -0.25) is 4.79 Å². The number of carbonyl (C=O) groups excluding carboxylic acids is 1. The molecule has 0 aromatic carbocycles. The number of hydrogen-bond donors (Lipinski definition) is 1. The van der Waals surface area contributed by atoms with Crippen LogP contribution in [0.3, 0.4) is 0 Å². The van der Waals surface area contributed by atoms with Crippen molar-refractivity contribution in [2.75, 3.05) is 0 Å². The molecule has 0 saturated heterocycles. The summed E-state index contributed by atoms with van der Waals surface area (Å²) in [5.74, 6) is 3.48. The second-order valence-electron chi connectivity index (χ2n) is 7.66. The highest BCUT2D eigenvalue weighted by molar-refractivity contribution is 5.87. The number of fused-ring (bicyclic) bond motifs is 5. The molecule has 0 spiro atoms. The van der Waals surface area contributed by atoms with E-state index in [0.717, 1.165) is 49.1 Å². The Labute approximate surface area is 121 Å². The zero-order valence-electron chi connectivity index (χ0n) is 12.4. The van der Waals surface area contributed by atoms with Gasteiger partial charge < -0.3 is 5.73 Å². The van der Waals surface area contributed by atoms with Gasteiger partial charge in [0.15, 0.2) is 0 Å². The fraction of sp³-hybridized carbons (Fsp3) is 0.722. The van der Waals surface area contributed by atoms with E-state index in [1.807, 2.05) is 0 Å². The second kappa shape index (κ2) is 4.22. The van der Waals surface area contributed by atoms with Crippen molar-refractivity contribution in [1.29, 1.82) is 0 Å². The van der Waals surface area contributed by atoms with Gasteiger partial charge in [-0.15, -0.1) is 0 Å². The molecule has 4 aliphatic rings. The third-order valence-corrected chi connectivity index (χ3v) is 6.87. The standard InChI is InChI=1S/C18H25NO/c1-18-9-8-14-13-5-3-12(19)10-11(13)2-4-15(14)16(18)6-7-17(18)20/h2,10,13-16H,3-9,19H2,1H3/t13-,14+,15-,16+,18+/m1/s1. The molecule has 0 bridgehead atoms. The molecule has 0 aliphatic heterocycles. The molecule has 0 radical (unpaired) electrons. The average molecular weight is 271 g/mol. The van der Waals surface area contributed by atoms with Gasteiger partial charge in [0, 0.05) is 17.5 Å². The van der Waals surface area contributed by atoms with Crippen molar-refractivity contribution in [1.82, 2.24) is 0 Å². The molecule has 0 amide bonds. The van der Waals surface area contributed by atoms with E-state index in [1.165, 1.54) is 24.8 Å². The van der Waals surface area contributed by atoms with E-state index < -0.39 is 0 Å². The number of hydrogen-bond acceptors (Lipinski definition) is 2. The molecule has 2 heteroatoms. The largest absolute Gasteiger partial charge is 0.402 e. The summed E-state index contributed by atoms with van der Waals surface area (Å²) in [5, 5.41) is 0. The van der Waals surface area contributed by atoms with E-state index in [-0.39, 0.29) is 5.41 Å². The first kappa shape index (κ1) is 12.7. The predicted molar refractivity (Wildman–Crippen MR) is 79.7 cm³/mol. The summed E-state index contributed by atoms with van der Waals surface area (Å²) >= 11 is 0. The highest BCUT2D eigenvalue weighted by atomic mass is 16.1. The minimum atomic E-state index is 0.00996. The van der Waals surface area contributed by atoms with Gasteiger partial charge in [0.05, 0.1) is 0 Å². The van der Waals surface area contributed by atoms with Crippen molar-refractivity contribution in [3.63, 3.8) is 0 Å². The number of rotatable bonds is 0. The van der Waals surface area contributed by atoms with Crippen molar-refractivity contribution in [3.8, 4) is 0 Å². The molecule has 108 valence electrons. The zero-order valence-corrected chi connectivity index (χ0v) is 12.4. The van der Waals surface area contributed by atoms with Gasteiger partial charge >= 0.3 is 0 Å². The summed E-state index contributed by atoms with van der Waals surface area (Å²) in [6.07, 6.45) is 12.5. The number of carbonyl (C=O) groups is 1. The summed E-state index contributed by atoms with van der Waals surface area (Å²) in [4.78, 5) is 12.3. The first-order chi connectivity index (χ1) is 9.59. The third kappa shape index (κ3) is 1.60. The quantitative estimate of drug-likeness (QED) is 0.731. The lowest BCUT2D eigenvalue weighted by Crippen LogP contribution is -2.45. The Morgan fingerprint density at radius 1 is 1.20 bits per heavy atom.